The van der Waals surface area contributed by atoms with Crippen molar-refractivity contribution in [3.05, 3.63) is 35.4 Å². The molecule has 1 aliphatic carbocycles. The monoisotopic (exact) mass is 217 g/mol. The minimum absolute atomic E-state index is 0.478. The third-order valence-corrected chi connectivity index (χ3v) is 3.75. The molecule has 1 aliphatic rings. The molecule has 1 fully saturated rings. The minimum Gasteiger partial charge on any atom is -0.307 e. The van der Waals surface area contributed by atoms with E-state index in [0.717, 1.165) is 12.0 Å². The standard InChI is InChI=1S/C15H23N/c1-4-15(13-9-10-13)16-12(3)14-8-6-5-7-11(14)2/h5-8,12-13,15-16H,4,9-10H2,1-3H3/t12-,15?/m0/s1. The lowest BCUT2D eigenvalue weighted by Gasteiger charge is -2.23. The van der Waals surface area contributed by atoms with Crippen LogP contribution in [0.2, 0.25) is 0 Å². The summed E-state index contributed by atoms with van der Waals surface area (Å²) in [5.74, 6) is 0.941. The Morgan fingerprint density at radius 1 is 1.31 bits per heavy atom. The van der Waals surface area contributed by atoms with Crippen LogP contribution in [0, 0.1) is 12.8 Å². The summed E-state index contributed by atoms with van der Waals surface area (Å²) in [5.41, 5.74) is 2.84. The van der Waals surface area contributed by atoms with Crippen molar-refractivity contribution < 1.29 is 0 Å². The maximum atomic E-state index is 3.79. The second-order valence-electron chi connectivity index (χ2n) is 5.10. The van der Waals surface area contributed by atoms with Gasteiger partial charge in [0.05, 0.1) is 0 Å². The number of rotatable bonds is 5. The molecule has 1 N–H and O–H groups in total. The largest absolute Gasteiger partial charge is 0.307 e. The van der Waals surface area contributed by atoms with E-state index in [4.69, 9.17) is 0 Å². The fraction of sp³-hybridized carbons (Fsp3) is 0.600. The predicted octanol–water partition coefficient (Wildman–Crippen LogP) is 3.83. The average Bonchev–Trinajstić information content (AvgIpc) is 3.10. The van der Waals surface area contributed by atoms with Crippen LogP contribution in [0.5, 0.6) is 0 Å². The Morgan fingerprint density at radius 2 is 2.00 bits per heavy atom. The van der Waals surface area contributed by atoms with E-state index in [0.29, 0.717) is 6.04 Å². The summed E-state index contributed by atoms with van der Waals surface area (Å²) in [6, 6.07) is 9.89. The van der Waals surface area contributed by atoms with Crippen LogP contribution < -0.4 is 5.32 Å². The maximum Gasteiger partial charge on any atom is 0.0297 e. The van der Waals surface area contributed by atoms with E-state index in [1.807, 2.05) is 0 Å². The number of benzene rings is 1. The van der Waals surface area contributed by atoms with E-state index in [2.05, 4.69) is 50.4 Å². The van der Waals surface area contributed by atoms with Crippen LogP contribution >= 0.6 is 0 Å². The molecule has 16 heavy (non-hydrogen) atoms. The van der Waals surface area contributed by atoms with Gasteiger partial charge in [-0.05, 0) is 50.2 Å². The van der Waals surface area contributed by atoms with Gasteiger partial charge < -0.3 is 5.32 Å². The lowest BCUT2D eigenvalue weighted by Crippen LogP contribution is -2.33. The Kier molecular flexibility index (Phi) is 3.65. The zero-order valence-electron chi connectivity index (χ0n) is 10.7. The third kappa shape index (κ3) is 2.65. The molecule has 1 aromatic rings. The van der Waals surface area contributed by atoms with Crippen molar-refractivity contribution in [1.82, 2.24) is 5.32 Å². The van der Waals surface area contributed by atoms with Gasteiger partial charge in [0.2, 0.25) is 0 Å². The van der Waals surface area contributed by atoms with Crippen molar-refractivity contribution >= 4 is 0 Å². The Morgan fingerprint density at radius 3 is 2.56 bits per heavy atom. The normalized spacial score (nSPS) is 19.4. The van der Waals surface area contributed by atoms with Crippen molar-refractivity contribution in [2.45, 2.75) is 52.1 Å². The Bertz CT molecular complexity index is 341. The molecule has 1 heteroatoms. The molecule has 0 amide bonds. The summed E-state index contributed by atoms with van der Waals surface area (Å²) >= 11 is 0. The van der Waals surface area contributed by atoms with Crippen LogP contribution in [0.25, 0.3) is 0 Å². The highest BCUT2D eigenvalue weighted by Gasteiger charge is 2.30. The fourth-order valence-corrected chi connectivity index (χ4v) is 2.57. The SMILES string of the molecule is CCC(N[C@@H](C)c1ccccc1C)C1CC1. The predicted molar refractivity (Wildman–Crippen MR) is 69.5 cm³/mol. The zero-order valence-corrected chi connectivity index (χ0v) is 10.7. The number of nitrogens with one attached hydrogen (secondary N) is 1. The first kappa shape index (κ1) is 11.7. The van der Waals surface area contributed by atoms with Crippen LogP contribution in [-0.2, 0) is 0 Å². The Labute approximate surface area is 99.3 Å². The van der Waals surface area contributed by atoms with Gasteiger partial charge in [0.25, 0.3) is 0 Å². The van der Waals surface area contributed by atoms with Crippen LogP contribution in [0.3, 0.4) is 0 Å². The van der Waals surface area contributed by atoms with Crippen molar-refractivity contribution in [3.8, 4) is 0 Å². The smallest absolute Gasteiger partial charge is 0.0297 e. The summed E-state index contributed by atoms with van der Waals surface area (Å²) in [6.07, 6.45) is 4.10. The summed E-state index contributed by atoms with van der Waals surface area (Å²) in [7, 11) is 0. The molecule has 0 saturated heterocycles. The first-order valence-corrected chi connectivity index (χ1v) is 6.54. The molecule has 0 bridgehead atoms. The first-order chi connectivity index (χ1) is 7.72. The number of hydrogen-bond donors (Lipinski definition) is 1. The second kappa shape index (κ2) is 5.01. The Hall–Kier alpha value is -0.820. The maximum absolute atomic E-state index is 3.79. The summed E-state index contributed by atoms with van der Waals surface area (Å²) < 4.78 is 0. The van der Waals surface area contributed by atoms with Crippen LogP contribution in [0.1, 0.15) is 50.3 Å². The topological polar surface area (TPSA) is 12.0 Å². The van der Waals surface area contributed by atoms with Gasteiger partial charge in [-0.15, -0.1) is 0 Å². The van der Waals surface area contributed by atoms with Gasteiger partial charge in [0, 0.05) is 12.1 Å². The molecule has 0 aromatic heterocycles. The fourth-order valence-electron chi connectivity index (χ4n) is 2.57. The lowest BCUT2D eigenvalue weighted by atomic mass is 10.0. The lowest BCUT2D eigenvalue weighted by molar-refractivity contribution is 0.404. The molecule has 1 saturated carbocycles. The third-order valence-electron chi connectivity index (χ3n) is 3.75. The molecular weight excluding hydrogens is 194 g/mol. The van der Waals surface area contributed by atoms with Gasteiger partial charge in [0.15, 0.2) is 0 Å². The molecule has 0 aliphatic heterocycles. The average molecular weight is 217 g/mol. The number of aryl methyl sites for hydroxylation is 1. The van der Waals surface area contributed by atoms with Crippen molar-refractivity contribution in [1.29, 1.82) is 0 Å². The molecule has 2 atom stereocenters. The molecule has 1 nitrogen and oxygen atoms in total. The molecule has 1 aromatic carbocycles. The molecule has 0 heterocycles. The summed E-state index contributed by atoms with van der Waals surface area (Å²) in [5, 5.41) is 3.79. The van der Waals surface area contributed by atoms with Gasteiger partial charge in [-0.1, -0.05) is 31.2 Å². The van der Waals surface area contributed by atoms with Gasteiger partial charge in [0.1, 0.15) is 0 Å². The van der Waals surface area contributed by atoms with Crippen LogP contribution in [0.15, 0.2) is 24.3 Å². The molecule has 2 rings (SSSR count). The summed E-state index contributed by atoms with van der Waals surface area (Å²) in [6.45, 7) is 6.78. The van der Waals surface area contributed by atoms with E-state index in [1.165, 1.54) is 30.4 Å². The van der Waals surface area contributed by atoms with Crippen LogP contribution in [-0.4, -0.2) is 6.04 Å². The second-order valence-corrected chi connectivity index (χ2v) is 5.10. The highest BCUT2D eigenvalue weighted by atomic mass is 15.0. The van der Waals surface area contributed by atoms with Crippen molar-refractivity contribution in [2.75, 3.05) is 0 Å². The first-order valence-electron chi connectivity index (χ1n) is 6.54. The minimum atomic E-state index is 0.478. The highest BCUT2D eigenvalue weighted by Crippen LogP contribution is 2.35. The Balaban J connectivity index is 2.01. The van der Waals surface area contributed by atoms with Crippen LogP contribution in [0.4, 0.5) is 0 Å². The summed E-state index contributed by atoms with van der Waals surface area (Å²) in [4.78, 5) is 0. The van der Waals surface area contributed by atoms with Gasteiger partial charge in [-0.3, -0.25) is 0 Å². The molecule has 1 unspecified atom stereocenters. The molecule has 88 valence electrons. The van der Waals surface area contributed by atoms with E-state index in [9.17, 15) is 0 Å². The molecule has 0 radical (unpaired) electrons. The van der Waals surface area contributed by atoms with E-state index >= 15 is 0 Å². The highest BCUT2D eigenvalue weighted by molar-refractivity contribution is 5.28. The van der Waals surface area contributed by atoms with E-state index in [-0.39, 0.29) is 0 Å². The van der Waals surface area contributed by atoms with E-state index in [1.54, 1.807) is 0 Å². The quantitative estimate of drug-likeness (QED) is 0.790. The van der Waals surface area contributed by atoms with Gasteiger partial charge >= 0.3 is 0 Å². The zero-order chi connectivity index (χ0) is 11.5. The van der Waals surface area contributed by atoms with Crippen molar-refractivity contribution in [2.24, 2.45) is 5.92 Å². The molecular formula is C15H23N. The van der Waals surface area contributed by atoms with Gasteiger partial charge in [-0.2, -0.15) is 0 Å². The number of hydrogen-bond acceptors (Lipinski definition) is 1. The van der Waals surface area contributed by atoms with Crippen molar-refractivity contribution in [3.63, 3.8) is 0 Å². The molecule has 0 spiro atoms. The van der Waals surface area contributed by atoms with Gasteiger partial charge in [-0.25, -0.2) is 0 Å². The van der Waals surface area contributed by atoms with E-state index < -0.39 is 0 Å².